The summed E-state index contributed by atoms with van der Waals surface area (Å²) in [4.78, 5) is 0. The summed E-state index contributed by atoms with van der Waals surface area (Å²) >= 11 is 0. The van der Waals surface area contributed by atoms with E-state index in [9.17, 15) is 0 Å². The van der Waals surface area contributed by atoms with Gasteiger partial charge < -0.3 is 0 Å². The van der Waals surface area contributed by atoms with Gasteiger partial charge in [0.2, 0.25) is 0 Å². The van der Waals surface area contributed by atoms with Gasteiger partial charge in [0, 0.05) is 0 Å². The predicted molar refractivity (Wildman–Crippen MR) is 244 cm³/mol. The number of allylic oxidation sites excluding steroid dienone is 5. The van der Waals surface area contributed by atoms with Crippen molar-refractivity contribution < 1.29 is 0 Å². The normalized spacial score (nSPS) is 11.9. The molecule has 8 rings (SSSR count). The first-order chi connectivity index (χ1) is 26.3. The molecule has 2 aliphatic carbocycles. The predicted octanol–water partition coefficient (Wildman–Crippen LogP) is 16.2. The summed E-state index contributed by atoms with van der Waals surface area (Å²) in [7, 11) is 0. The van der Waals surface area contributed by atoms with Gasteiger partial charge in [-0.3, -0.25) is 0 Å². The van der Waals surface area contributed by atoms with Gasteiger partial charge >= 0.3 is 0 Å². The molecule has 6 aromatic rings. The minimum absolute atomic E-state index is 1.17. The Morgan fingerprint density at radius 3 is 1.56 bits per heavy atom. The number of rotatable bonds is 2. The standard InChI is InChI=1S/C22H20.C13H14.C8H10.C7H8.2C2H6/c1-15-7-5-10-17-11-6-12-20(22(15)17)21-14-19-9-4-3-8-18(19)13-16(21)2;1-11-7-9-13(10-8-11)12-5-3-2-4-6-12;1-7-3-5-8(2)6-4-7;1-7-5-3-2-4-6-7;2*1-2/h4-7,9-14H,3,8H2,1-2H3;2-3,5,7-10H,4,6H2,1H3;3-6H,1-2H3;2-6H,1H3;2*1-2H3. The summed E-state index contributed by atoms with van der Waals surface area (Å²) in [5.74, 6) is 0. The van der Waals surface area contributed by atoms with E-state index in [1.807, 2.05) is 45.9 Å². The SMILES string of the molecule is CC.CC.Cc1cc2c(cc1-c1cccc3cccc(C)c13)C=CCC2.Cc1ccc(C)cc1.Cc1ccc(C2=CC=CCC2)cc1.Cc1ccccc1. The summed E-state index contributed by atoms with van der Waals surface area (Å²) in [5, 5.41) is 2.71. The lowest BCUT2D eigenvalue weighted by molar-refractivity contribution is 0.983. The van der Waals surface area contributed by atoms with Gasteiger partial charge in [0.1, 0.15) is 0 Å². The van der Waals surface area contributed by atoms with Crippen LogP contribution >= 0.6 is 0 Å². The zero-order valence-electron chi connectivity index (χ0n) is 34.8. The van der Waals surface area contributed by atoms with Crippen molar-refractivity contribution in [1.29, 1.82) is 0 Å². The van der Waals surface area contributed by atoms with E-state index in [-0.39, 0.29) is 0 Å². The first-order valence-corrected chi connectivity index (χ1v) is 20.0. The molecule has 0 spiro atoms. The second kappa shape index (κ2) is 23.5. The van der Waals surface area contributed by atoms with Crippen LogP contribution in [0.1, 0.15) is 97.0 Å². The van der Waals surface area contributed by atoms with E-state index in [2.05, 4.69) is 181 Å². The van der Waals surface area contributed by atoms with Gasteiger partial charge in [-0.15, -0.1) is 0 Å². The lowest BCUT2D eigenvalue weighted by Crippen LogP contribution is -1.97. The maximum atomic E-state index is 2.38. The molecule has 0 radical (unpaired) electrons. The molecule has 0 heteroatoms. The second-order valence-electron chi connectivity index (χ2n) is 13.6. The van der Waals surface area contributed by atoms with Crippen molar-refractivity contribution in [3.63, 3.8) is 0 Å². The first kappa shape index (κ1) is 43.2. The highest BCUT2D eigenvalue weighted by Gasteiger charge is 2.12. The number of fused-ring (bicyclic) bond motifs is 2. The molecule has 0 saturated carbocycles. The molecule has 0 atom stereocenters. The van der Waals surface area contributed by atoms with Gasteiger partial charge in [-0.25, -0.2) is 0 Å². The number of benzene rings is 6. The zero-order chi connectivity index (χ0) is 39.3. The Morgan fingerprint density at radius 1 is 0.444 bits per heavy atom. The van der Waals surface area contributed by atoms with Crippen LogP contribution < -0.4 is 0 Å². The molecule has 6 aromatic carbocycles. The van der Waals surface area contributed by atoms with E-state index in [0.29, 0.717) is 0 Å². The molecule has 2 aliphatic rings. The van der Waals surface area contributed by atoms with Gasteiger partial charge in [-0.05, 0) is 129 Å². The highest BCUT2D eigenvalue weighted by molar-refractivity contribution is 5.99. The fraction of sp³-hybridized carbons (Fsp3) is 0.259. The van der Waals surface area contributed by atoms with Gasteiger partial charge in [0.05, 0.1) is 0 Å². The maximum Gasteiger partial charge on any atom is -0.00760 e. The minimum atomic E-state index is 1.17. The van der Waals surface area contributed by atoms with Crippen LogP contribution in [-0.4, -0.2) is 0 Å². The van der Waals surface area contributed by atoms with E-state index < -0.39 is 0 Å². The van der Waals surface area contributed by atoms with Crippen LogP contribution in [0.3, 0.4) is 0 Å². The van der Waals surface area contributed by atoms with Gasteiger partial charge in [-0.2, -0.15) is 0 Å². The van der Waals surface area contributed by atoms with Crippen LogP contribution in [0.5, 0.6) is 0 Å². The van der Waals surface area contributed by atoms with Crippen molar-refractivity contribution in [2.24, 2.45) is 0 Å². The summed E-state index contributed by atoms with van der Waals surface area (Å²) in [6, 6.07) is 45.5. The summed E-state index contributed by atoms with van der Waals surface area (Å²) in [6.07, 6.45) is 15.8. The van der Waals surface area contributed by atoms with Gasteiger partial charge in [-0.1, -0.05) is 202 Å². The monoisotopic (exact) mass is 713 g/mol. The van der Waals surface area contributed by atoms with Crippen molar-refractivity contribution in [3.05, 3.63) is 202 Å². The summed E-state index contributed by atoms with van der Waals surface area (Å²) < 4.78 is 0. The van der Waals surface area contributed by atoms with Crippen LogP contribution in [0.15, 0.2) is 152 Å². The Balaban J connectivity index is 0.000000208. The average molecular weight is 713 g/mol. The minimum Gasteiger partial charge on any atom is -0.0842 e. The van der Waals surface area contributed by atoms with E-state index >= 15 is 0 Å². The van der Waals surface area contributed by atoms with Crippen molar-refractivity contribution in [1.82, 2.24) is 0 Å². The zero-order valence-corrected chi connectivity index (χ0v) is 34.8. The topological polar surface area (TPSA) is 0 Å². The molecule has 0 aliphatic heterocycles. The summed E-state index contributed by atoms with van der Waals surface area (Å²) in [5.41, 5.74) is 16.5. The highest BCUT2D eigenvalue weighted by Crippen LogP contribution is 2.35. The molecule has 0 bridgehead atoms. The van der Waals surface area contributed by atoms with E-state index in [1.165, 1.54) is 103 Å². The highest BCUT2D eigenvalue weighted by atomic mass is 14.2. The van der Waals surface area contributed by atoms with E-state index in [0.717, 1.165) is 0 Å². The van der Waals surface area contributed by atoms with Crippen molar-refractivity contribution in [2.75, 3.05) is 0 Å². The quantitative estimate of drug-likeness (QED) is 0.168. The van der Waals surface area contributed by atoms with Gasteiger partial charge in [0.25, 0.3) is 0 Å². The fourth-order valence-corrected chi connectivity index (χ4v) is 6.43. The fourth-order valence-electron chi connectivity index (χ4n) is 6.43. The lowest BCUT2D eigenvalue weighted by Gasteiger charge is -2.17. The molecule has 0 aromatic heterocycles. The van der Waals surface area contributed by atoms with Crippen LogP contribution in [0, 0.1) is 41.5 Å². The average Bonchev–Trinajstić information content (AvgIpc) is 3.22. The van der Waals surface area contributed by atoms with Gasteiger partial charge in [0.15, 0.2) is 0 Å². The molecular formula is C54H64. The Labute approximate surface area is 329 Å². The van der Waals surface area contributed by atoms with Crippen molar-refractivity contribution in [3.8, 4) is 11.1 Å². The first-order valence-electron chi connectivity index (χ1n) is 20.0. The molecular weight excluding hydrogens is 649 g/mol. The molecule has 0 nitrogen and oxygen atoms in total. The second-order valence-corrected chi connectivity index (χ2v) is 13.6. The van der Waals surface area contributed by atoms with Crippen LogP contribution in [0.4, 0.5) is 0 Å². The number of aryl methyl sites for hydroxylation is 7. The molecule has 0 heterocycles. The third-order valence-corrected chi connectivity index (χ3v) is 9.36. The molecule has 0 unspecified atom stereocenters. The summed E-state index contributed by atoms with van der Waals surface area (Å²) in [6.45, 7) is 20.8. The molecule has 0 fully saturated rings. The Kier molecular flexibility index (Phi) is 18.8. The van der Waals surface area contributed by atoms with Crippen LogP contribution in [-0.2, 0) is 6.42 Å². The Morgan fingerprint density at radius 2 is 1.00 bits per heavy atom. The number of hydrogen-bond acceptors (Lipinski definition) is 0. The smallest absolute Gasteiger partial charge is 0.00760 e. The van der Waals surface area contributed by atoms with Crippen molar-refractivity contribution in [2.45, 2.75) is 94.9 Å². The van der Waals surface area contributed by atoms with E-state index in [4.69, 9.17) is 0 Å². The number of hydrogen-bond donors (Lipinski definition) is 0. The lowest BCUT2D eigenvalue weighted by atomic mass is 9.87. The van der Waals surface area contributed by atoms with Crippen LogP contribution in [0.2, 0.25) is 0 Å². The van der Waals surface area contributed by atoms with Crippen molar-refractivity contribution >= 4 is 22.4 Å². The Hall–Kier alpha value is -5.20. The largest absolute Gasteiger partial charge is 0.0842 e. The third-order valence-electron chi connectivity index (χ3n) is 9.36. The maximum absolute atomic E-state index is 2.38. The molecule has 0 N–H and O–H groups in total. The van der Waals surface area contributed by atoms with E-state index in [1.54, 1.807) is 0 Å². The van der Waals surface area contributed by atoms with Crippen LogP contribution in [0.25, 0.3) is 33.5 Å². The molecule has 0 amide bonds. The Bertz CT molecular complexity index is 2040. The molecule has 0 saturated heterocycles. The molecule has 54 heavy (non-hydrogen) atoms. The molecule has 280 valence electrons. The third kappa shape index (κ3) is 13.3.